The summed E-state index contributed by atoms with van der Waals surface area (Å²) in [4.78, 5) is 32.4. The highest BCUT2D eigenvalue weighted by Gasteiger charge is 2.17. The first-order valence-electron chi connectivity index (χ1n) is 13.2. The third-order valence-corrected chi connectivity index (χ3v) is 6.51. The molecular weight excluding hydrogens is 498 g/mol. The van der Waals surface area contributed by atoms with E-state index in [1.54, 1.807) is 43.1 Å². The van der Waals surface area contributed by atoms with Gasteiger partial charge in [0.1, 0.15) is 5.76 Å². The fourth-order valence-corrected chi connectivity index (χ4v) is 4.01. The number of amides is 2. The molecule has 6 nitrogen and oxygen atoms in total. The van der Waals surface area contributed by atoms with E-state index in [1.165, 1.54) is 0 Å². The van der Waals surface area contributed by atoms with Crippen LogP contribution < -0.4 is 5.32 Å². The molecule has 0 saturated heterocycles. The highest BCUT2D eigenvalue weighted by atomic mass is 16.5. The number of carbonyl (C=O) groups excluding carboxylic acids is 2. The molecule has 206 valence electrons. The van der Waals surface area contributed by atoms with Crippen molar-refractivity contribution in [3.63, 3.8) is 0 Å². The molecule has 0 spiro atoms. The first-order valence-corrected chi connectivity index (χ1v) is 13.2. The third-order valence-electron chi connectivity index (χ3n) is 6.51. The Labute approximate surface area is 237 Å². The zero-order valence-electron chi connectivity index (χ0n) is 24.1. The van der Waals surface area contributed by atoms with E-state index in [0.29, 0.717) is 40.5 Å². The van der Waals surface area contributed by atoms with Crippen LogP contribution in [0.4, 0.5) is 5.69 Å². The molecule has 0 aliphatic heterocycles. The van der Waals surface area contributed by atoms with E-state index in [0.717, 1.165) is 22.5 Å². The SMILES string of the molecule is C=C(N=C1C=CC=C/C1=C(/C)C(=O)Nc1ccc(C(=O)N(C)C/C(=C\C)O/C(C)=C\C)cc1)c1ccccc1C. The largest absolute Gasteiger partial charge is 0.465 e. The topological polar surface area (TPSA) is 71.0 Å². The maximum atomic E-state index is 13.2. The van der Waals surface area contributed by atoms with E-state index in [1.807, 2.05) is 88.4 Å². The monoisotopic (exact) mass is 535 g/mol. The van der Waals surface area contributed by atoms with Gasteiger partial charge in [0.15, 0.2) is 0 Å². The summed E-state index contributed by atoms with van der Waals surface area (Å²) in [5.74, 6) is 1.06. The molecule has 0 heterocycles. The van der Waals surface area contributed by atoms with Crippen molar-refractivity contribution in [2.45, 2.75) is 34.6 Å². The Balaban J connectivity index is 1.72. The highest BCUT2D eigenvalue weighted by molar-refractivity contribution is 6.19. The van der Waals surface area contributed by atoms with Gasteiger partial charge in [-0.1, -0.05) is 49.1 Å². The Hall–Kier alpha value is -4.71. The molecule has 1 aliphatic rings. The smallest absolute Gasteiger partial charge is 0.254 e. The lowest BCUT2D eigenvalue weighted by Crippen LogP contribution is -2.29. The van der Waals surface area contributed by atoms with Crippen LogP contribution in [0.2, 0.25) is 0 Å². The van der Waals surface area contributed by atoms with Crippen molar-refractivity contribution >= 4 is 28.9 Å². The number of rotatable bonds is 9. The fourth-order valence-electron chi connectivity index (χ4n) is 4.01. The first kappa shape index (κ1) is 29.8. The van der Waals surface area contributed by atoms with Crippen LogP contribution in [0.3, 0.4) is 0 Å². The molecule has 1 N–H and O–H groups in total. The van der Waals surface area contributed by atoms with E-state index in [9.17, 15) is 9.59 Å². The molecule has 0 fully saturated rings. The molecule has 0 radical (unpaired) electrons. The number of likely N-dealkylation sites (N-methyl/N-ethyl adjacent to an activating group) is 1. The first-order chi connectivity index (χ1) is 19.1. The number of aryl methyl sites for hydroxylation is 1. The van der Waals surface area contributed by atoms with Crippen LogP contribution in [0.5, 0.6) is 0 Å². The van der Waals surface area contributed by atoms with Crippen LogP contribution in [0, 0.1) is 6.92 Å². The van der Waals surface area contributed by atoms with Gasteiger partial charge in [0, 0.05) is 35.0 Å². The fraction of sp³-hybridized carbons (Fsp3) is 0.206. The highest BCUT2D eigenvalue weighted by Crippen LogP contribution is 2.23. The molecule has 3 rings (SSSR count). The summed E-state index contributed by atoms with van der Waals surface area (Å²) in [5, 5.41) is 2.93. The van der Waals surface area contributed by atoms with Gasteiger partial charge in [-0.3, -0.25) is 9.59 Å². The second kappa shape index (κ2) is 13.9. The molecule has 0 aromatic heterocycles. The zero-order valence-corrected chi connectivity index (χ0v) is 24.1. The van der Waals surface area contributed by atoms with Gasteiger partial charge in [-0.2, -0.15) is 0 Å². The Morgan fingerprint density at radius 2 is 1.68 bits per heavy atom. The summed E-state index contributed by atoms with van der Waals surface area (Å²) in [6.07, 6.45) is 11.2. The number of aliphatic imine (C=N–C) groups is 1. The Morgan fingerprint density at radius 1 is 1.00 bits per heavy atom. The minimum Gasteiger partial charge on any atom is -0.465 e. The van der Waals surface area contributed by atoms with Gasteiger partial charge >= 0.3 is 0 Å². The van der Waals surface area contributed by atoms with Gasteiger partial charge in [0.05, 0.1) is 23.7 Å². The summed E-state index contributed by atoms with van der Waals surface area (Å²) in [5.41, 5.74) is 5.68. The molecule has 6 heteroatoms. The van der Waals surface area contributed by atoms with Crippen LogP contribution >= 0.6 is 0 Å². The normalized spacial score (nSPS) is 15.6. The summed E-state index contributed by atoms with van der Waals surface area (Å²) in [6, 6.07) is 14.8. The molecule has 2 amide bonds. The molecule has 2 aromatic carbocycles. The predicted octanol–water partition coefficient (Wildman–Crippen LogP) is 7.40. The number of benzene rings is 2. The quantitative estimate of drug-likeness (QED) is 0.269. The number of anilines is 1. The summed E-state index contributed by atoms with van der Waals surface area (Å²) in [6.45, 7) is 13.9. The van der Waals surface area contributed by atoms with Crippen LogP contribution in [-0.4, -0.2) is 36.0 Å². The van der Waals surface area contributed by atoms with Crippen LogP contribution in [-0.2, 0) is 9.53 Å². The van der Waals surface area contributed by atoms with E-state index in [-0.39, 0.29) is 11.8 Å². The van der Waals surface area contributed by atoms with Crippen LogP contribution in [0.15, 0.2) is 119 Å². The van der Waals surface area contributed by atoms with Crippen molar-refractivity contribution in [3.8, 4) is 0 Å². The molecule has 2 aromatic rings. The third kappa shape index (κ3) is 7.67. The molecule has 0 saturated carbocycles. The average molecular weight is 536 g/mol. The van der Waals surface area contributed by atoms with Crippen molar-refractivity contribution in [2.75, 3.05) is 18.9 Å². The van der Waals surface area contributed by atoms with Gasteiger partial charge < -0.3 is 15.0 Å². The Bertz CT molecular complexity index is 1470. The van der Waals surface area contributed by atoms with Crippen molar-refractivity contribution in [2.24, 2.45) is 4.99 Å². The number of carbonyl (C=O) groups is 2. The van der Waals surface area contributed by atoms with Gasteiger partial charge in [-0.15, -0.1) is 0 Å². The van der Waals surface area contributed by atoms with Crippen molar-refractivity contribution in [3.05, 3.63) is 131 Å². The van der Waals surface area contributed by atoms with E-state index >= 15 is 0 Å². The predicted molar refractivity (Wildman–Crippen MR) is 165 cm³/mol. The van der Waals surface area contributed by atoms with Gasteiger partial charge in [0.2, 0.25) is 0 Å². The lowest BCUT2D eigenvalue weighted by atomic mass is 9.98. The molecule has 0 bridgehead atoms. The standard InChI is InChI=1S/C34H37N3O3/c1-8-24(4)40-29(9-2)22-37(7)34(39)27-18-20-28(21-19-27)36-33(38)25(5)31-16-12-13-17-32(31)35-26(6)30-15-11-10-14-23(30)3/h8-21H,6,22H2,1-5,7H3,(H,36,38)/b24-8-,29-9+,31-25+,35-32?. The van der Waals surface area contributed by atoms with Crippen molar-refractivity contribution in [1.82, 2.24) is 4.90 Å². The number of nitrogens with one attached hydrogen (secondary N) is 1. The van der Waals surface area contributed by atoms with Gasteiger partial charge in [-0.25, -0.2) is 4.99 Å². The Kier molecular flexibility index (Phi) is 10.4. The minimum atomic E-state index is -0.255. The maximum Gasteiger partial charge on any atom is 0.254 e. The van der Waals surface area contributed by atoms with Crippen LogP contribution in [0.1, 0.15) is 49.2 Å². The maximum absolute atomic E-state index is 13.2. The van der Waals surface area contributed by atoms with E-state index in [4.69, 9.17) is 9.73 Å². The molecular formula is C34H37N3O3. The zero-order chi connectivity index (χ0) is 29.2. The number of hydrogen-bond donors (Lipinski definition) is 1. The van der Waals surface area contributed by atoms with Crippen molar-refractivity contribution in [1.29, 1.82) is 0 Å². The van der Waals surface area contributed by atoms with Crippen molar-refractivity contribution < 1.29 is 14.3 Å². The Morgan fingerprint density at radius 3 is 2.33 bits per heavy atom. The summed E-state index contributed by atoms with van der Waals surface area (Å²) < 4.78 is 5.75. The average Bonchev–Trinajstić information content (AvgIpc) is 2.96. The molecule has 0 atom stereocenters. The molecule has 40 heavy (non-hydrogen) atoms. The lowest BCUT2D eigenvalue weighted by Gasteiger charge is -2.20. The van der Waals surface area contributed by atoms with E-state index in [2.05, 4.69) is 11.9 Å². The second-order valence-corrected chi connectivity index (χ2v) is 9.46. The summed E-state index contributed by atoms with van der Waals surface area (Å²) in [7, 11) is 1.73. The van der Waals surface area contributed by atoms with Gasteiger partial charge in [0.25, 0.3) is 11.8 Å². The summed E-state index contributed by atoms with van der Waals surface area (Å²) >= 11 is 0. The molecule has 0 unspecified atom stereocenters. The van der Waals surface area contributed by atoms with Crippen LogP contribution in [0.25, 0.3) is 5.70 Å². The number of nitrogens with zero attached hydrogens (tertiary/aromatic N) is 2. The lowest BCUT2D eigenvalue weighted by molar-refractivity contribution is -0.112. The molecule has 1 aliphatic carbocycles. The minimum absolute atomic E-state index is 0.147. The van der Waals surface area contributed by atoms with E-state index < -0.39 is 0 Å². The van der Waals surface area contributed by atoms with Gasteiger partial charge in [-0.05, 0) is 82.7 Å². The number of hydrogen-bond acceptors (Lipinski definition) is 4. The second-order valence-electron chi connectivity index (χ2n) is 9.46. The number of allylic oxidation sites excluding steroid dienone is 8. The number of ether oxygens (including phenoxy) is 1.